The fourth-order valence-corrected chi connectivity index (χ4v) is 3.78. The van der Waals surface area contributed by atoms with E-state index in [1.54, 1.807) is 36.4 Å². The standard InChI is InChI=1S/C27H26N2O7/c1-33-22-6-4-3-5-21(22)26(31)29-20-12-18(11-19(14-20)27(32)34-2)15-28-25(30)10-8-17-7-9-23-24(13-17)36-16-35-23/h3-7,9,11-14H,8,10,15-16H2,1-2H3,(H,28,30)(H,29,31). The molecule has 0 aromatic heterocycles. The number of rotatable bonds is 9. The van der Waals surface area contributed by atoms with Gasteiger partial charge in [0, 0.05) is 18.7 Å². The van der Waals surface area contributed by atoms with Gasteiger partial charge in [0.2, 0.25) is 12.7 Å². The topological polar surface area (TPSA) is 112 Å². The zero-order chi connectivity index (χ0) is 25.5. The summed E-state index contributed by atoms with van der Waals surface area (Å²) in [5.74, 6) is 0.689. The first kappa shape index (κ1) is 24.6. The van der Waals surface area contributed by atoms with E-state index in [4.69, 9.17) is 18.9 Å². The largest absolute Gasteiger partial charge is 0.496 e. The van der Waals surface area contributed by atoms with Gasteiger partial charge in [0.15, 0.2) is 11.5 Å². The van der Waals surface area contributed by atoms with E-state index in [2.05, 4.69) is 10.6 Å². The van der Waals surface area contributed by atoms with Crippen LogP contribution < -0.4 is 24.8 Å². The molecule has 1 aliphatic heterocycles. The van der Waals surface area contributed by atoms with Crippen LogP contribution in [-0.2, 0) is 22.5 Å². The highest BCUT2D eigenvalue weighted by Crippen LogP contribution is 2.32. The number of nitrogens with one attached hydrogen (secondary N) is 2. The summed E-state index contributed by atoms with van der Waals surface area (Å²) in [4.78, 5) is 37.5. The van der Waals surface area contributed by atoms with E-state index >= 15 is 0 Å². The van der Waals surface area contributed by atoms with Crippen molar-refractivity contribution in [3.8, 4) is 17.2 Å². The van der Waals surface area contributed by atoms with Crippen molar-refractivity contribution in [2.45, 2.75) is 19.4 Å². The van der Waals surface area contributed by atoms with Crippen molar-refractivity contribution >= 4 is 23.5 Å². The van der Waals surface area contributed by atoms with Crippen molar-refractivity contribution in [2.24, 2.45) is 0 Å². The molecule has 3 aromatic carbocycles. The summed E-state index contributed by atoms with van der Waals surface area (Å²) in [6, 6.07) is 17.2. The number of para-hydroxylation sites is 1. The van der Waals surface area contributed by atoms with Gasteiger partial charge in [0.1, 0.15) is 5.75 Å². The van der Waals surface area contributed by atoms with Crippen LogP contribution >= 0.6 is 0 Å². The summed E-state index contributed by atoms with van der Waals surface area (Å²) < 4.78 is 20.8. The molecule has 36 heavy (non-hydrogen) atoms. The van der Waals surface area contributed by atoms with Gasteiger partial charge in [0.25, 0.3) is 5.91 Å². The van der Waals surface area contributed by atoms with Gasteiger partial charge in [0.05, 0.1) is 25.3 Å². The molecule has 1 aliphatic rings. The fraction of sp³-hybridized carbons (Fsp3) is 0.222. The Balaban J connectivity index is 1.41. The zero-order valence-electron chi connectivity index (χ0n) is 20.0. The molecule has 0 saturated carbocycles. The number of hydrogen-bond donors (Lipinski definition) is 2. The van der Waals surface area contributed by atoms with Gasteiger partial charge in [-0.15, -0.1) is 0 Å². The van der Waals surface area contributed by atoms with Gasteiger partial charge in [-0.25, -0.2) is 4.79 Å². The zero-order valence-corrected chi connectivity index (χ0v) is 20.0. The summed E-state index contributed by atoms with van der Waals surface area (Å²) in [7, 11) is 2.76. The van der Waals surface area contributed by atoms with Gasteiger partial charge in [-0.05, 0) is 60.0 Å². The first-order chi connectivity index (χ1) is 17.5. The highest BCUT2D eigenvalue weighted by atomic mass is 16.7. The Kier molecular flexibility index (Phi) is 7.69. The predicted octanol–water partition coefficient (Wildman–Crippen LogP) is 3.71. The highest BCUT2D eigenvalue weighted by Gasteiger charge is 2.16. The Morgan fingerprint density at radius 3 is 2.53 bits per heavy atom. The number of benzene rings is 3. The summed E-state index contributed by atoms with van der Waals surface area (Å²) in [5, 5.41) is 5.64. The SMILES string of the molecule is COC(=O)c1cc(CNC(=O)CCc2ccc3c(c2)OCO3)cc(NC(=O)c2ccccc2OC)c1. The molecule has 0 saturated heterocycles. The second-order valence-electron chi connectivity index (χ2n) is 8.03. The Hall–Kier alpha value is -4.53. The molecule has 4 rings (SSSR count). The lowest BCUT2D eigenvalue weighted by Gasteiger charge is -2.13. The number of anilines is 1. The molecule has 186 valence electrons. The predicted molar refractivity (Wildman–Crippen MR) is 131 cm³/mol. The molecule has 1 heterocycles. The minimum absolute atomic E-state index is 0.157. The molecule has 3 aromatic rings. The maximum Gasteiger partial charge on any atom is 0.337 e. The van der Waals surface area contributed by atoms with E-state index in [0.717, 1.165) is 5.56 Å². The van der Waals surface area contributed by atoms with E-state index in [9.17, 15) is 14.4 Å². The van der Waals surface area contributed by atoms with E-state index in [1.807, 2.05) is 18.2 Å². The van der Waals surface area contributed by atoms with Crippen LogP contribution in [0, 0.1) is 0 Å². The van der Waals surface area contributed by atoms with E-state index in [0.29, 0.717) is 40.5 Å². The van der Waals surface area contributed by atoms with Gasteiger partial charge >= 0.3 is 5.97 Å². The number of ether oxygens (including phenoxy) is 4. The average molecular weight is 491 g/mol. The molecule has 2 N–H and O–H groups in total. The average Bonchev–Trinajstić information content (AvgIpc) is 3.38. The molecule has 0 aliphatic carbocycles. The molecular weight excluding hydrogens is 464 g/mol. The summed E-state index contributed by atoms with van der Waals surface area (Å²) in [6.45, 7) is 0.369. The Bertz CT molecular complexity index is 1290. The minimum Gasteiger partial charge on any atom is -0.496 e. The third-order valence-corrected chi connectivity index (χ3v) is 5.59. The van der Waals surface area contributed by atoms with Crippen LogP contribution in [0.25, 0.3) is 0 Å². The van der Waals surface area contributed by atoms with Crippen molar-refractivity contribution in [1.82, 2.24) is 5.32 Å². The molecule has 2 amide bonds. The number of carbonyl (C=O) groups excluding carboxylic acids is 3. The first-order valence-electron chi connectivity index (χ1n) is 11.3. The maximum absolute atomic E-state index is 12.8. The molecular formula is C27H26N2O7. The van der Waals surface area contributed by atoms with Crippen LogP contribution in [0.4, 0.5) is 5.69 Å². The molecule has 0 unspecified atom stereocenters. The van der Waals surface area contributed by atoms with Crippen molar-refractivity contribution in [2.75, 3.05) is 26.3 Å². The molecule has 0 spiro atoms. The van der Waals surface area contributed by atoms with Crippen molar-refractivity contribution in [3.05, 3.63) is 82.9 Å². The summed E-state index contributed by atoms with van der Waals surface area (Å²) in [6.07, 6.45) is 0.804. The molecule has 0 bridgehead atoms. The molecule has 9 nitrogen and oxygen atoms in total. The quantitative estimate of drug-likeness (QED) is 0.440. The molecule has 0 fully saturated rings. The third-order valence-electron chi connectivity index (χ3n) is 5.59. The minimum atomic E-state index is -0.557. The number of carbonyl (C=O) groups is 3. The Labute approximate surface area is 208 Å². The number of aryl methyl sites for hydroxylation is 1. The van der Waals surface area contributed by atoms with Gasteiger partial charge in [-0.3, -0.25) is 9.59 Å². The maximum atomic E-state index is 12.8. The lowest BCUT2D eigenvalue weighted by Crippen LogP contribution is -2.23. The summed E-state index contributed by atoms with van der Waals surface area (Å²) >= 11 is 0. The molecule has 0 atom stereocenters. The number of esters is 1. The van der Waals surface area contributed by atoms with Crippen LogP contribution in [0.3, 0.4) is 0 Å². The van der Waals surface area contributed by atoms with Crippen LogP contribution in [0.5, 0.6) is 17.2 Å². The monoisotopic (exact) mass is 490 g/mol. The van der Waals surface area contributed by atoms with Crippen LogP contribution in [0.1, 0.15) is 38.3 Å². The number of amides is 2. The van der Waals surface area contributed by atoms with Gasteiger partial charge in [-0.1, -0.05) is 18.2 Å². The van der Waals surface area contributed by atoms with E-state index in [-0.39, 0.29) is 31.2 Å². The number of fused-ring (bicyclic) bond motifs is 1. The molecule has 9 heteroatoms. The van der Waals surface area contributed by atoms with Crippen molar-refractivity contribution in [3.63, 3.8) is 0 Å². The van der Waals surface area contributed by atoms with Gasteiger partial charge in [-0.2, -0.15) is 0 Å². The second-order valence-corrected chi connectivity index (χ2v) is 8.03. The van der Waals surface area contributed by atoms with Crippen LogP contribution in [-0.4, -0.2) is 38.8 Å². The van der Waals surface area contributed by atoms with Crippen molar-refractivity contribution < 1.29 is 33.3 Å². The van der Waals surface area contributed by atoms with Crippen molar-refractivity contribution in [1.29, 1.82) is 0 Å². The lowest BCUT2D eigenvalue weighted by molar-refractivity contribution is -0.121. The van der Waals surface area contributed by atoms with E-state index in [1.165, 1.54) is 20.3 Å². The third kappa shape index (κ3) is 5.93. The second kappa shape index (κ2) is 11.3. The smallest absolute Gasteiger partial charge is 0.337 e. The number of methoxy groups -OCH3 is 2. The van der Waals surface area contributed by atoms with E-state index < -0.39 is 11.9 Å². The lowest BCUT2D eigenvalue weighted by atomic mass is 10.1. The Morgan fingerprint density at radius 1 is 0.917 bits per heavy atom. The van der Waals surface area contributed by atoms with Crippen LogP contribution in [0.2, 0.25) is 0 Å². The van der Waals surface area contributed by atoms with Gasteiger partial charge < -0.3 is 29.6 Å². The fourth-order valence-electron chi connectivity index (χ4n) is 3.78. The van der Waals surface area contributed by atoms with Crippen LogP contribution in [0.15, 0.2) is 60.7 Å². The number of hydrogen-bond acceptors (Lipinski definition) is 7. The highest BCUT2D eigenvalue weighted by molar-refractivity contribution is 6.06. The normalized spacial score (nSPS) is 11.5. The molecule has 0 radical (unpaired) electrons. The Morgan fingerprint density at radius 2 is 1.72 bits per heavy atom. The first-order valence-corrected chi connectivity index (χ1v) is 11.3. The summed E-state index contributed by atoms with van der Waals surface area (Å²) in [5.41, 5.74) is 2.58.